The van der Waals surface area contributed by atoms with Crippen LogP contribution in [-0.4, -0.2) is 27.9 Å². The van der Waals surface area contributed by atoms with Gasteiger partial charge in [0.1, 0.15) is 22.7 Å². The van der Waals surface area contributed by atoms with Crippen molar-refractivity contribution in [2.45, 2.75) is 13.8 Å². The van der Waals surface area contributed by atoms with E-state index in [1.807, 2.05) is 0 Å². The first-order valence-electron chi connectivity index (χ1n) is 6.29. The molecule has 3 N–H and O–H groups in total. The number of ketones is 1. The zero-order valence-electron chi connectivity index (χ0n) is 11.8. The molecular formula is C15H13NO6. The predicted molar refractivity (Wildman–Crippen MR) is 75.9 cm³/mol. The number of benzene rings is 1. The molecule has 0 saturated heterocycles. The molecule has 0 unspecified atom stereocenters. The average molecular weight is 303 g/mol. The summed E-state index contributed by atoms with van der Waals surface area (Å²) in [5.41, 5.74) is -0.272. The van der Waals surface area contributed by atoms with E-state index >= 15 is 0 Å². The lowest BCUT2D eigenvalue weighted by atomic mass is 10.0. The van der Waals surface area contributed by atoms with Gasteiger partial charge in [0.25, 0.3) is 0 Å². The fourth-order valence-corrected chi connectivity index (χ4v) is 2.01. The normalized spacial score (nSPS) is 17.2. The molecule has 1 aromatic rings. The maximum Gasteiger partial charge on any atom is 0.353 e. The van der Waals surface area contributed by atoms with Gasteiger partial charge in [-0.1, -0.05) is 6.07 Å². The van der Waals surface area contributed by atoms with Gasteiger partial charge in [0.15, 0.2) is 5.78 Å². The Bertz CT molecular complexity index is 744. The number of anilines is 1. The Morgan fingerprint density at radius 2 is 1.82 bits per heavy atom. The van der Waals surface area contributed by atoms with Gasteiger partial charge < -0.3 is 20.3 Å². The molecule has 7 heteroatoms. The Labute approximate surface area is 125 Å². The molecule has 7 nitrogen and oxygen atoms in total. The van der Waals surface area contributed by atoms with E-state index in [4.69, 9.17) is 0 Å². The molecule has 114 valence electrons. The minimum atomic E-state index is -1.18. The summed E-state index contributed by atoms with van der Waals surface area (Å²) in [5, 5.41) is 22.2. The number of ether oxygens (including phenoxy) is 1. The fraction of sp³-hybridized carbons (Fsp3) is 0.133. The summed E-state index contributed by atoms with van der Waals surface area (Å²) in [7, 11) is 0. The molecule has 22 heavy (non-hydrogen) atoms. The van der Waals surface area contributed by atoms with Crippen LogP contribution >= 0.6 is 0 Å². The number of carbonyl (C=O) groups is 3. The number of aliphatic hydroxyl groups is 1. The van der Waals surface area contributed by atoms with Crippen molar-refractivity contribution in [3.63, 3.8) is 0 Å². The van der Waals surface area contributed by atoms with Crippen LogP contribution in [-0.2, 0) is 19.1 Å². The lowest BCUT2D eigenvalue weighted by molar-refractivity contribution is -0.155. The van der Waals surface area contributed by atoms with E-state index in [2.05, 4.69) is 10.1 Å². The topological polar surface area (TPSA) is 113 Å². The SMILES string of the molecule is CC(=O)C1=C(O)C(=C(C)Nc2cccc(O)c2)C(=O)OC1=O. The number of cyclic esters (lactones) is 2. The molecule has 0 atom stereocenters. The van der Waals surface area contributed by atoms with E-state index < -0.39 is 29.1 Å². The second-order valence-corrected chi connectivity index (χ2v) is 4.63. The maximum absolute atomic E-state index is 11.8. The van der Waals surface area contributed by atoms with E-state index in [1.165, 1.54) is 19.1 Å². The number of aromatic hydroxyl groups is 1. The average Bonchev–Trinajstić information content (AvgIpc) is 2.37. The number of esters is 2. The van der Waals surface area contributed by atoms with Gasteiger partial charge in [-0.2, -0.15) is 0 Å². The molecule has 0 spiro atoms. The second kappa shape index (κ2) is 5.72. The fourth-order valence-electron chi connectivity index (χ4n) is 2.01. The zero-order valence-corrected chi connectivity index (χ0v) is 11.8. The first-order chi connectivity index (χ1) is 10.3. The van der Waals surface area contributed by atoms with Gasteiger partial charge in [0, 0.05) is 17.5 Å². The van der Waals surface area contributed by atoms with Crippen molar-refractivity contribution >= 4 is 23.4 Å². The zero-order chi connectivity index (χ0) is 16.4. The van der Waals surface area contributed by atoms with E-state index in [-0.39, 0.29) is 17.0 Å². The molecule has 1 heterocycles. The van der Waals surface area contributed by atoms with Crippen LogP contribution in [0.15, 0.2) is 46.9 Å². The van der Waals surface area contributed by atoms with Crippen molar-refractivity contribution in [3.8, 4) is 5.75 Å². The van der Waals surface area contributed by atoms with Gasteiger partial charge in [0.05, 0.1) is 0 Å². The van der Waals surface area contributed by atoms with Gasteiger partial charge in [0.2, 0.25) is 0 Å². The second-order valence-electron chi connectivity index (χ2n) is 4.63. The largest absolute Gasteiger partial charge is 0.508 e. The van der Waals surface area contributed by atoms with Crippen LogP contribution in [0.1, 0.15) is 13.8 Å². The first-order valence-corrected chi connectivity index (χ1v) is 6.29. The Hall–Kier alpha value is -3.09. The van der Waals surface area contributed by atoms with E-state index in [0.29, 0.717) is 5.69 Å². The van der Waals surface area contributed by atoms with Crippen LogP contribution in [0.4, 0.5) is 5.69 Å². The summed E-state index contributed by atoms with van der Waals surface area (Å²) in [6.45, 7) is 2.54. The number of Topliss-reactive ketones (excluding diaryl/α,β-unsaturated/α-hetero) is 1. The summed E-state index contributed by atoms with van der Waals surface area (Å²) in [5.74, 6) is -3.66. The minimum Gasteiger partial charge on any atom is -0.508 e. The van der Waals surface area contributed by atoms with Crippen LogP contribution in [0.3, 0.4) is 0 Å². The number of phenolic OH excluding ortho intramolecular Hbond substituents is 1. The Balaban J connectivity index is 2.49. The number of hydrogen-bond donors (Lipinski definition) is 3. The quantitative estimate of drug-likeness (QED) is 0.336. The lowest BCUT2D eigenvalue weighted by Crippen LogP contribution is -2.29. The van der Waals surface area contributed by atoms with Crippen molar-refractivity contribution in [3.05, 3.63) is 46.9 Å². The molecule has 0 bridgehead atoms. The summed E-state index contributed by atoms with van der Waals surface area (Å²) >= 11 is 0. The predicted octanol–water partition coefficient (Wildman–Crippen LogP) is 1.56. The van der Waals surface area contributed by atoms with Crippen LogP contribution < -0.4 is 5.32 Å². The molecule has 1 aliphatic rings. The number of allylic oxidation sites excluding steroid dienone is 1. The minimum absolute atomic E-state index is 0.00777. The smallest absolute Gasteiger partial charge is 0.353 e. The van der Waals surface area contributed by atoms with Crippen molar-refractivity contribution in [1.82, 2.24) is 0 Å². The van der Waals surface area contributed by atoms with E-state index in [9.17, 15) is 24.6 Å². The highest BCUT2D eigenvalue weighted by Crippen LogP contribution is 2.26. The van der Waals surface area contributed by atoms with Crippen molar-refractivity contribution in [2.24, 2.45) is 0 Å². The molecule has 1 aliphatic heterocycles. The number of phenols is 1. The van der Waals surface area contributed by atoms with Gasteiger partial charge >= 0.3 is 11.9 Å². The van der Waals surface area contributed by atoms with Gasteiger partial charge in [-0.05, 0) is 26.0 Å². The molecule has 1 aromatic carbocycles. The van der Waals surface area contributed by atoms with Crippen LogP contribution in [0, 0.1) is 0 Å². The molecule has 2 rings (SSSR count). The Morgan fingerprint density at radius 1 is 1.14 bits per heavy atom. The van der Waals surface area contributed by atoms with Crippen molar-refractivity contribution < 1.29 is 29.3 Å². The molecule has 0 saturated carbocycles. The summed E-state index contributed by atoms with van der Waals surface area (Å²) in [6.07, 6.45) is 0. The summed E-state index contributed by atoms with van der Waals surface area (Å²) in [6, 6.07) is 6.06. The standard InChI is InChI=1S/C15H13NO6/c1-7(16-9-4-3-5-10(18)6-9)11-13(19)12(8(2)17)15(21)22-14(11)20/h3-6,16,18-19H,1-2H3. The molecule has 0 amide bonds. The van der Waals surface area contributed by atoms with Crippen LogP contribution in [0.25, 0.3) is 0 Å². The third-order valence-electron chi connectivity index (χ3n) is 2.97. The number of hydrogen-bond acceptors (Lipinski definition) is 7. The number of carbonyl (C=O) groups excluding carboxylic acids is 3. The number of rotatable bonds is 3. The Kier molecular flexibility index (Phi) is 3.98. The summed E-state index contributed by atoms with van der Waals surface area (Å²) < 4.78 is 4.46. The number of nitrogens with one attached hydrogen (secondary N) is 1. The number of aliphatic hydroxyl groups excluding tert-OH is 1. The lowest BCUT2D eigenvalue weighted by Gasteiger charge is -2.18. The molecule has 0 fully saturated rings. The van der Waals surface area contributed by atoms with E-state index in [0.717, 1.165) is 6.92 Å². The highest BCUT2D eigenvalue weighted by atomic mass is 16.6. The molecule has 0 aliphatic carbocycles. The Morgan fingerprint density at radius 3 is 2.41 bits per heavy atom. The monoisotopic (exact) mass is 303 g/mol. The maximum atomic E-state index is 11.8. The van der Waals surface area contributed by atoms with Gasteiger partial charge in [-0.15, -0.1) is 0 Å². The van der Waals surface area contributed by atoms with Crippen molar-refractivity contribution in [2.75, 3.05) is 5.32 Å². The highest BCUT2D eigenvalue weighted by Gasteiger charge is 2.36. The third kappa shape index (κ3) is 2.83. The molecule has 0 aromatic heterocycles. The van der Waals surface area contributed by atoms with Crippen LogP contribution in [0.5, 0.6) is 5.75 Å². The third-order valence-corrected chi connectivity index (χ3v) is 2.97. The van der Waals surface area contributed by atoms with Crippen LogP contribution in [0.2, 0.25) is 0 Å². The van der Waals surface area contributed by atoms with Gasteiger partial charge in [-0.3, -0.25) is 4.79 Å². The van der Waals surface area contributed by atoms with E-state index in [1.54, 1.807) is 12.1 Å². The summed E-state index contributed by atoms with van der Waals surface area (Å²) in [4.78, 5) is 34.6. The highest BCUT2D eigenvalue weighted by molar-refractivity contribution is 6.23. The van der Waals surface area contributed by atoms with Crippen molar-refractivity contribution in [1.29, 1.82) is 0 Å². The first kappa shape index (κ1) is 15.3. The molecular weight excluding hydrogens is 290 g/mol. The van der Waals surface area contributed by atoms with Gasteiger partial charge in [-0.25, -0.2) is 9.59 Å². The molecule has 0 radical (unpaired) electrons.